The Morgan fingerprint density at radius 1 is 1.14 bits per heavy atom. The fourth-order valence-corrected chi connectivity index (χ4v) is 2.59. The lowest BCUT2D eigenvalue weighted by atomic mass is 10.1. The first kappa shape index (κ1) is 16.2. The Kier molecular flexibility index (Phi) is 4.95. The van der Waals surface area contributed by atoms with Crippen molar-refractivity contribution in [3.05, 3.63) is 59.7 Å². The Morgan fingerprint density at radius 2 is 1.82 bits per heavy atom. The van der Waals surface area contributed by atoms with Gasteiger partial charge in [0.2, 0.25) is 0 Å². The van der Waals surface area contributed by atoms with Crippen LogP contribution in [0.25, 0.3) is 0 Å². The van der Waals surface area contributed by atoms with Gasteiger partial charge < -0.3 is 10.1 Å². The Balaban J connectivity index is 2.15. The van der Waals surface area contributed by atoms with E-state index in [-0.39, 0.29) is 10.8 Å². The highest BCUT2D eigenvalue weighted by Gasteiger charge is 2.10. The van der Waals surface area contributed by atoms with Crippen LogP contribution in [0.15, 0.2) is 53.4 Å². The summed E-state index contributed by atoms with van der Waals surface area (Å²) in [6, 6.07) is 13.2. The smallest absolute Gasteiger partial charge is 0.255 e. The van der Waals surface area contributed by atoms with Gasteiger partial charge in [0.15, 0.2) is 9.84 Å². The number of rotatable bonds is 5. The maximum Gasteiger partial charge on any atom is 0.255 e. The highest BCUT2D eigenvalue weighted by Crippen LogP contribution is 2.16. The summed E-state index contributed by atoms with van der Waals surface area (Å²) in [5.74, 6) is -0.297. The molecule has 116 valence electrons. The van der Waals surface area contributed by atoms with E-state index in [4.69, 9.17) is 4.74 Å². The number of benzene rings is 2. The van der Waals surface area contributed by atoms with E-state index in [0.29, 0.717) is 17.9 Å². The number of methoxy groups -OCH3 is 1. The largest absolute Gasteiger partial charge is 0.380 e. The molecular weight excluding hydrogens is 302 g/mol. The molecule has 0 saturated carbocycles. The van der Waals surface area contributed by atoms with Crippen molar-refractivity contribution in [2.24, 2.45) is 0 Å². The van der Waals surface area contributed by atoms with Crippen molar-refractivity contribution in [1.82, 2.24) is 0 Å². The fourth-order valence-electron chi connectivity index (χ4n) is 1.93. The van der Waals surface area contributed by atoms with Crippen molar-refractivity contribution in [1.29, 1.82) is 0 Å². The normalized spacial score (nSPS) is 11.2. The molecule has 1 N–H and O–H groups in total. The van der Waals surface area contributed by atoms with Crippen LogP contribution in [0, 0.1) is 0 Å². The van der Waals surface area contributed by atoms with Gasteiger partial charge in [0, 0.05) is 24.6 Å². The van der Waals surface area contributed by atoms with E-state index in [1.165, 1.54) is 12.1 Å². The molecule has 0 radical (unpaired) electrons. The van der Waals surface area contributed by atoms with E-state index >= 15 is 0 Å². The van der Waals surface area contributed by atoms with Crippen LogP contribution in [0.2, 0.25) is 0 Å². The Hall–Kier alpha value is -2.18. The lowest BCUT2D eigenvalue weighted by molar-refractivity contribution is 0.102. The molecule has 0 atom stereocenters. The van der Waals surface area contributed by atoms with Crippen molar-refractivity contribution in [2.45, 2.75) is 11.5 Å². The van der Waals surface area contributed by atoms with Gasteiger partial charge in [-0.05, 0) is 35.9 Å². The molecule has 0 aliphatic heterocycles. The van der Waals surface area contributed by atoms with Crippen LogP contribution in [0.1, 0.15) is 15.9 Å². The third-order valence-corrected chi connectivity index (χ3v) is 4.16. The molecule has 6 heteroatoms. The molecule has 0 spiro atoms. The number of anilines is 1. The van der Waals surface area contributed by atoms with Crippen LogP contribution in [-0.2, 0) is 21.2 Å². The summed E-state index contributed by atoms with van der Waals surface area (Å²) in [5.41, 5.74) is 1.90. The molecule has 0 saturated heterocycles. The molecule has 0 fully saturated rings. The first-order valence-electron chi connectivity index (χ1n) is 6.59. The number of carbonyl (C=O) groups excluding carboxylic acids is 1. The van der Waals surface area contributed by atoms with E-state index in [0.717, 1.165) is 11.8 Å². The average Bonchev–Trinajstić information content (AvgIpc) is 2.48. The van der Waals surface area contributed by atoms with Gasteiger partial charge in [-0.15, -0.1) is 0 Å². The molecule has 2 aromatic carbocycles. The molecule has 22 heavy (non-hydrogen) atoms. The highest BCUT2D eigenvalue weighted by molar-refractivity contribution is 7.90. The van der Waals surface area contributed by atoms with Crippen molar-refractivity contribution < 1.29 is 17.9 Å². The van der Waals surface area contributed by atoms with Crippen molar-refractivity contribution in [3.63, 3.8) is 0 Å². The fraction of sp³-hybridized carbons (Fsp3) is 0.188. The predicted molar refractivity (Wildman–Crippen MR) is 84.7 cm³/mol. The van der Waals surface area contributed by atoms with Crippen LogP contribution in [-0.4, -0.2) is 27.7 Å². The Bertz CT molecular complexity index is 767. The number of carbonyl (C=O) groups is 1. The standard InChI is InChI=1S/C16H17NO4S/c1-21-11-12-6-8-13(9-7-12)16(18)17-14-4-3-5-15(10-14)22(2,19)20/h3-10H,11H2,1-2H3,(H,17,18). The summed E-state index contributed by atoms with van der Waals surface area (Å²) in [5, 5.41) is 2.69. The van der Waals surface area contributed by atoms with E-state index in [2.05, 4.69) is 5.32 Å². The van der Waals surface area contributed by atoms with Gasteiger partial charge in [-0.2, -0.15) is 0 Å². The molecule has 0 heterocycles. The number of ether oxygens (including phenoxy) is 1. The van der Waals surface area contributed by atoms with Crippen LogP contribution in [0.5, 0.6) is 0 Å². The number of nitrogens with one attached hydrogen (secondary N) is 1. The second-order valence-electron chi connectivity index (χ2n) is 4.88. The monoisotopic (exact) mass is 319 g/mol. The molecule has 0 aliphatic carbocycles. The van der Waals surface area contributed by atoms with Gasteiger partial charge in [0.1, 0.15) is 0 Å². The van der Waals surface area contributed by atoms with E-state index in [9.17, 15) is 13.2 Å². The van der Waals surface area contributed by atoms with E-state index < -0.39 is 9.84 Å². The first-order chi connectivity index (χ1) is 10.4. The Morgan fingerprint density at radius 3 is 2.41 bits per heavy atom. The van der Waals surface area contributed by atoms with Gasteiger partial charge in [0.25, 0.3) is 5.91 Å². The quantitative estimate of drug-likeness (QED) is 0.919. The highest BCUT2D eigenvalue weighted by atomic mass is 32.2. The molecule has 2 rings (SSSR count). The van der Waals surface area contributed by atoms with Crippen LogP contribution >= 0.6 is 0 Å². The lowest BCUT2D eigenvalue weighted by Crippen LogP contribution is -2.12. The minimum absolute atomic E-state index is 0.167. The summed E-state index contributed by atoms with van der Waals surface area (Å²) in [4.78, 5) is 12.3. The van der Waals surface area contributed by atoms with Gasteiger partial charge in [0.05, 0.1) is 11.5 Å². The zero-order valence-corrected chi connectivity index (χ0v) is 13.2. The zero-order valence-electron chi connectivity index (χ0n) is 12.4. The minimum atomic E-state index is -3.30. The SMILES string of the molecule is COCc1ccc(C(=O)Nc2cccc(S(C)(=O)=O)c2)cc1. The molecule has 0 unspecified atom stereocenters. The van der Waals surface area contributed by atoms with Crippen LogP contribution in [0.3, 0.4) is 0 Å². The Labute approximate surface area is 129 Å². The lowest BCUT2D eigenvalue weighted by Gasteiger charge is -2.07. The second kappa shape index (κ2) is 6.72. The topological polar surface area (TPSA) is 72.5 Å². The second-order valence-corrected chi connectivity index (χ2v) is 6.90. The van der Waals surface area contributed by atoms with E-state index in [1.54, 1.807) is 31.4 Å². The maximum atomic E-state index is 12.2. The summed E-state index contributed by atoms with van der Waals surface area (Å²) in [7, 11) is -1.70. The first-order valence-corrected chi connectivity index (χ1v) is 8.48. The van der Waals surface area contributed by atoms with Crippen LogP contribution in [0.4, 0.5) is 5.69 Å². The molecule has 1 amide bonds. The molecule has 0 aromatic heterocycles. The molecule has 0 aliphatic rings. The summed E-state index contributed by atoms with van der Waals surface area (Å²) in [6.45, 7) is 0.484. The van der Waals surface area contributed by atoms with Gasteiger partial charge in [-0.3, -0.25) is 4.79 Å². The van der Waals surface area contributed by atoms with Crippen LogP contribution < -0.4 is 5.32 Å². The van der Waals surface area contributed by atoms with Gasteiger partial charge in [-0.25, -0.2) is 8.42 Å². The summed E-state index contributed by atoms with van der Waals surface area (Å²) in [6.07, 6.45) is 1.13. The number of sulfone groups is 1. The summed E-state index contributed by atoms with van der Waals surface area (Å²) < 4.78 is 28.0. The third kappa shape index (κ3) is 4.16. The predicted octanol–water partition coefficient (Wildman–Crippen LogP) is 2.49. The maximum absolute atomic E-state index is 12.2. The zero-order chi connectivity index (χ0) is 16.2. The number of hydrogen-bond donors (Lipinski definition) is 1. The molecule has 5 nitrogen and oxygen atoms in total. The van der Waals surface area contributed by atoms with Crippen molar-refractivity contribution >= 4 is 21.4 Å². The van der Waals surface area contributed by atoms with E-state index in [1.807, 2.05) is 12.1 Å². The molecular formula is C16H17NO4S. The van der Waals surface area contributed by atoms with Crippen molar-refractivity contribution in [3.8, 4) is 0 Å². The summed E-state index contributed by atoms with van der Waals surface area (Å²) >= 11 is 0. The van der Waals surface area contributed by atoms with Crippen molar-refractivity contribution in [2.75, 3.05) is 18.7 Å². The molecule has 0 bridgehead atoms. The molecule has 2 aromatic rings. The third-order valence-electron chi connectivity index (χ3n) is 3.05. The number of amides is 1. The van der Waals surface area contributed by atoms with Gasteiger partial charge >= 0.3 is 0 Å². The average molecular weight is 319 g/mol. The number of hydrogen-bond acceptors (Lipinski definition) is 4. The minimum Gasteiger partial charge on any atom is -0.380 e. The van der Waals surface area contributed by atoms with Gasteiger partial charge in [-0.1, -0.05) is 18.2 Å².